The van der Waals surface area contributed by atoms with E-state index in [4.69, 9.17) is 4.43 Å². The number of rotatable bonds is 10. The van der Waals surface area contributed by atoms with Crippen LogP contribution in [0, 0.1) is 11.3 Å². The molecule has 0 aliphatic heterocycles. The Balaban J connectivity index is 2.61. The van der Waals surface area contributed by atoms with Crippen LogP contribution in [0.5, 0.6) is 0 Å². The Kier molecular flexibility index (Phi) is 8.98. The fraction of sp³-hybridized carbons (Fsp3) is 0.842. The molecule has 0 aromatic heterocycles. The topological polar surface area (TPSA) is 26.3 Å². The fourth-order valence-electron chi connectivity index (χ4n) is 2.96. The van der Waals surface area contributed by atoms with E-state index in [1.807, 2.05) is 0 Å². The predicted molar refractivity (Wildman–Crippen MR) is 105 cm³/mol. The highest BCUT2D eigenvalue weighted by Gasteiger charge is 2.40. The molecule has 0 heterocycles. The number of thioether (sulfide) groups is 1. The van der Waals surface area contributed by atoms with Crippen molar-refractivity contribution >= 4 is 26.6 Å². The van der Waals surface area contributed by atoms with Gasteiger partial charge in [-0.2, -0.15) is 0 Å². The van der Waals surface area contributed by atoms with Gasteiger partial charge < -0.3 is 4.43 Å². The number of unbranched alkanes of at least 4 members (excludes halogenated alkanes) is 5. The highest BCUT2D eigenvalue weighted by atomic mass is 32.2. The first-order valence-electron chi connectivity index (χ1n) is 9.34. The standard InChI is InChI=1S/C19H36O2SSi/c1-7-8-9-10-11-12-13-22-18-16(20)14-15(19(2,3)4)17(18)21-23(5)6/h15,23H,7-14H2,1-6H3. The summed E-state index contributed by atoms with van der Waals surface area (Å²) in [5, 5.41) is 0. The third-order valence-corrected chi connectivity index (χ3v) is 6.27. The molecule has 1 rings (SSSR count). The predicted octanol–water partition coefficient (Wildman–Crippen LogP) is 5.93. The first-order chi connectivity index (χ1) is 10.8. The molecule has 0 radical (unpaired) electrons. The Bertz CT molecular complexity index is 410. The van der Waals surface area contributed by atoms with Gasteiger partial charge in [-0.3, -0.25) is 4.79 Å². The molecule has 0 fully saturated rings. The molecule has 1 aliphatic carbocycles. The van der Waals surface area contributed by atoms with Crippen LogP contribution in [-0.2, 0) is 9.22 Å². The molecule has 0 saturated carbocycles. The first-order valence-corrected chi connectivity index (χ1v) is 13.1. The van der Waals surface area contributed by atoms with E-state index in [1.165, 1.54) is 38.5 Å². The zero-order valence-corrected chi connectivity index (χ0v) is 18.0. The highest BCUT2D eigenvalue weighted by molar-refractivity contribution is 8.04. The maximum Gasteiger partial charge on any atom is 0.229 e. The molecule has 23 heavy (non-hydrogen) atoms. The van der Waals surface area contributed by atoms with Crippen LogP contribution in [0.1, 0.15) is 72.6 Å². The molecule has 0 amide bonds. The van der Waals surface area contributed by atoms with Gasteiger partial charge in [0, 0.05) is 12.3 Å². The van der Waals surface area contributed by atoms with Crippen molar-refractivity contribution in [2.24, 2.45) is 11.3 Å². The van der Waals surface area contributed by atoms with Crippen molar-refractivity contribution in [1.82, 2.24) is 0 Å². The zero-order valence-electron chi connectivity index (χ0n) is 16.0. The maximum absolute atomic E-state index is 12.5. The molecule has 0 aromatic carbocycles. The third kappa shape index (κ3) is 7.04. The Morgan fingerprint density at radius 3 is 2.30 bits per heavy atom. The lowest BCUT2D eigenvalue weighted by Crippen LogP contribution is -2.24. The number of hydrogen-bond donors (Lipinski definition) is 0. The molecular formula is C19H36O2SSi. The van der Waals surface area contributed by atoms with E-state index in [1.54, 1.807) is 11.8 Å². The highest BCUT2D eigenvalue weighted by Crippen LogP contribution is 2.45. The van der Waals surface area contributed by atoms with Crippen molar-refractivity contribution in [1.29, 1.82) is 0 Å². The quantitative estimate of drug-likeness (QED) is 0.358. The van der Waals surface area contributed by atoms with E-state index < -0.39 is 9.04 Å². The van der Waals surface area contributed by atoms with Gasteiger partial charge in [0.05, 0.1) is 4.91 Å². The number of Topliss-reactive ketones (excluding diaryl/α,β-unsaturated/α-hetero) is 1. The van der Waals surface area contributed by atoms with Crippen molar-refractivity contribution < 1.29 is 9.22 Å². The second kappa shape index (κ2) is 9.92. The Morgan fingerprint density at radius 1 is 1.13 bits per heavy atom. The van der Waals surface area contributed by atoms with E-state index in [2.05, 4.69) is 40.8 Å². The second-order valence-corrected chi connectivity index (χ2v) is 11.5. The number of allylic oxidation sites excluding steroid dienone is 2. The summed E-state index contributed by atoms with van der Waals surface area (Å²) in [7, 11) is -1.18. The van der Waals surface area contributed by atoms with Crippen molar-refractivity contribution in [3.63, 3.8) is 0 Å². The zero-order chi connectivity index (χ0) is 17.5. The van der Waals surface area contributed by atoms with Gasteiger partial charge in [0.15, 0.2) is 5.78 Å². The largest absolute Gasteiger partial charge is 0.549 e. The van der Waals surface area contributed by atoms with E-state index in [0.717, 1.165) is 16.4 Å². The third-order valence-electron chi connectivity index (χ3n) is 4.34. The first kappa shape index (κ1) is 20.8. The lowest BCUT2D eigenvalue weighted by atomic mass is 9.79. The molecule has 0 aromatic rings. The molecule has 0 bridgehead atoms. The van der Waals surface area contributed by atoms with Gasteiger partial charge in [-0.25, -0.2) is 0 Å². The lowest BCUT2D eigenvalue weighted by molar-refractivity contribution is -0.115. The van der Waals surface area contributed by atoms with E-state index in [9.17, 15) is 4.79 Å². The van der Waals surface area contributed by atoms with Crippen molar-refractivity contribution in [2.45, 2.75) is 85.7 Å². The monoisotopic (exact) mass is 356 g/mol. The second-order valence-electron chi connectivity index (χ2n) is 8.02. The summed E-state index contributed by atoms with van der Waals surface area (Å²) < 4.78 is 6.22. The van der Waals surface area contributed by atoms with Gasteiger partial charge in [-0.1, -0.05) is 59.8 Å². The van der Waals surface area contributed by atoms with Crippen LogP contribution in [0.4, 0.5) is 0 Å². The average Bonchev–Trinajstić information content (AvgIpc) is 2.74. The Hall–Kier alpha value is -0.223. The minimum atomic E-state index is -1.18. The molecule has 0 N–H and O–H groups in total. The van der Waals surface area contributed by atoms with Crippen LogP contribution in [0.25, 0.3) is 0 Å². The van der Waals surface area contributed by atoms with Gasteiger partial charge in [0.1, 0.15) is 5.76 Å². The molecule has 1 atom stereocenters. The van der Waals surface area contributed by atoms with E-state index in [0.29, 0.717) is 12.2 Å². The molecule has 4 heteroatoms. The summed E-state index contributed by atoms with van der Waals surface area (Å²) in [5.74, 6) is 2.65. The van der Waals surface area contributed by atoms with Gasteiger partial charge in [0.2, 0.25) is 9.04 Å². The summed E-state index contributed by atoms with van der Waals surface area (Å²) in [4.78, 5) is 13.4. The number of carbonyl (C=O) groups excluding carboxylic acids is 1. The van der Waals surface area contributed by atoms with Crippen LogP contribution >= 0.6 is 11.8 Å². The fourth-order valence-corrected chi connectivity index (χ4v) is 4.97. The molecular weight excluding hydrogens is 320 g/mol. The van der Waals surface area contributed by atoms with Gasteiger partial charge in [0.25, 0.3) is 0 Å². The van der Waals surface area contributed by atoms with Crippen LogP contribution in [0.2, 0.25) is 13.1 Å². The lowest BCUT2D eigenvalue weighted by Gasteiger charge is -2.30. The smallest absolute Gasteiger partial charge is 0.229 e. The SMILES string of the molecule is CCCCCCCCSC1=C(O[SiH](C)C)C(C(C)(C)C)CC1=O. The van der Waals surface area contributed by atoms with Crippen LogP contribution in [0.15, 0.2) is 10.7 Å². The molecule has 2 nitrogen and oxygen atoms in total. The minimum absolute atomic E-state index is 0.0940. The van der Waals surface area contributed by atoms with Gasteiger partial charge >= 0.3 is 0 Å². The summed E-state index contributed by atoms with van der Waals surface area (Å²) in [5.41, 5.74) is 0.0940. The minimum Gasteiger partial charge on any atom is -0.549 e. The van der Waals surface area contributed by atoms with E-state index >= 15 is 0 Å². The maximum atomic E-state index is 12.5. The summed E-state index contributed by atoms with van der Waals surface area (Å²) in [6.07, 6.45) is 8.45. The average molecular weight is 357 g/mol. The summed E-state index contributed by atoms with van der Waals surface area (Å²) in [6, 6.07) is 0. The molecule has 0 saturated heterocycles. The van der Waals surface area contributed by atoms with E-state index in [-0.39, 0.29) is 11.3 Å². The molecule has 1 unspecified atom stereocenters. The van der Waals surface area contributed by atoms with Gasteiger partial charge in [-0.05, 0) is 30.7 Å². The molecule has 1 aliphatic rings. The van der Waals surface area contributed by atoms with Gasteiger partial charge in [-0.15, -0.1) is 11.8 Å². The number of ketones is 1. The van der Waals surface area contributed by atoms with Crippen LogP contribution in [-0.4, -0.2) is 20.6 Å². The normalized spacial score (nSPS) is 19.1. The van der Waals surface area contributed by atoms with Crippen molar-refractivity contribution in [3.05, 3.63) is 10.7 Å². The van der Waals surface area contributed by atoms with Crippen molar-refractivity contribution in [3.8, 4) is 0 Å². The Labute approximate surface area is 149 Å². The van der Waals surface area contributed by atoms with Crippen LogP contribution in [0.3, 0.4) is 0 Å². The summed E-state index contributed by atoms with van der Waals surface area (Å²) in [6.45, 7) is 13.3. The number of carbonyl (C=O) groups is 1. The molecule has 134 valence electrons. The van der Waals surface area contributed by atoms with Crippen molar-refractivity contribution in [2.75, 3.05) is 5.75 Å². The summed E-state index contributed by atoms with van der Waals surface area (Å²) >= 11 is 1.75. The molecule has 0 spiro atoms. The number of hydrogen-bond acceptors (Lipinski definition) is 3. The van der Waals surface area contributed by atoms with Crippen LogP contribution < -0.4 is 0 Å². The Morgan fingerprint density at radius 2 is 1.74 bits per heavy atom.